The molecule has 0 fully saturated rings. The van der Waals surface area contributed by atoms with Gasteiger partial charge in [-0.2, -0.15) is 0 Å². The lowest BCUT2D eigenvalue weighted by Crippen LogP contribution is -2.04. The van der Waals surface area contributed by atoms with Gasteiger partial charge in [0.25, 0.3) is 0 Å². The van der Waals surface area contributed by atoms with E-state index in [4.69, 9.17) is 11.6 Å². The summed E-state index contributed by atoms with van der Waals surface area (Å²) in [6.07, 6.45) is 1.72. The molecule has 0 N–H and O–H groups in total. The Morgan fingerprint density at radius 1 is 0.548 bits per heavy atom. The molecule has 164 valence electrons. The third-order valence-electron chi connectivity index (χ3n) is 5.25. The molecule has 0 saturated heterocycles. The van der Waals surface area contributed by atoms with Crippen molar-refractivity contribution in [2.24, 2.45) is 0 Å². The third-order valence-corrected chi connectivity index (χ3v) is 5.56. The SMILES string of the molecule is CCCc1cc(F)c(CCc2cc(F)c(CCc3ccc(Cl)c(F)c3)c(F)c2)c(F)c1. The standard InChI is InChI=1S/C25H22ClF5/c1-2-3-16-11-21(27)19(22(28)12-16)8-5-17-13-23(29)18(24(30)14-17)7-4-15-6-9-20(26)25(31)10-15/h6,9-14H,2-5,7-8H2,1H3. The lowest BCUT2D eigenvalue weighted by atomic mass is 9.98. The Balaban J connectivity index is 1.69. The van der Waals surface area contributed by atoms with Crippen LogP contribution in [0.3, 0.4) is 0 Å². The number of hydrogen-bond donors (Lipinski definition) is 0. The number of rotatable bonds is 8. The van der Waals surface area contributed by atoms with Crippen molar-refractivity contribution in [2.45, 2.75) is 45.4 Å². The van der Waals surface area contributed by atoms with E-state index in [1.54, 1.807) is 6.07 Å². The molecule has 0 radical (unpaired) electrons. The molecule has 0 unspecified atom stereocenters. The molecule has 3 aromatic carbocycles. The van der Waals surface area contributed by atoms with Gasteiger partial charge < -0.3 is 0 Å². The molecule has 0 amide bonds. The molecule has 31 heavy (non-hydrogen) atoms. The van der Waals surface area contributed by atoms with Gasteiger partial charge in [0, 0.05) is 11.1 Å². The minimum Gasteiger partial charge on any atom is -0.207 e. The Bertz CT molecular complexity index is 1030. The zero-order valence-corrected chi connectivity index (χ0v) is 17.8. The quantitative estimate of drug-likeness (QED) is 0.309. The molecular formula is C25H22ClF5. The lowest BCUT2D eigenvalue weighted by Gasteiger charge is -2.11. The van der Waals surface area contributed by atoms with Gasteiger partial charge in [0.2, 0.25) is 0 Å². The molecule has 0 aliphatic carbocycles. The topological polar surface area (TPSA) is 0 Å². The van der Waals surface area contributed by atoms with Gasteiger partial charge in [-0.15, -0.1) is 0 Å². The van der Waals surface area contributed by atoms with Gasteiger partial charge >= 0.3 is 0 Å². The second kappa shape index (κ2) is 10.3. The van der Waals surface area contributed by atoms with E-state index in [0.717, 1.165) is 6.42 Å². The van der Waals surface area contributed by atoms with Gasteiger partial charge in [-0.3, -0.25) is 0 Å². The Morgan fingerprint density at radius 3 is 1.42 bits per heavy atom. The molecule has 0 bridgehead atoms. The van der Waals surface area contributed by atoms with Crippen molar-refractivity contribution in [3.05, 3.63) is 104 Å². The minimum absolute atomic E-state index is 0.00759. The number of benzene rings is 3. The van der Waals surface area contributed by atoms with Crippen LogP contribution in [0.4, 0.5) is 22.0 Å². The summed E-state index contributed by atoms with van der Waals surface area (Å²) in [7, 11) is 0. The van der Waals surface area contributed by atoms with Gasteiger partial charge in [0.05, 0.1) is 5.02 Å². The summed E-state index contributed by atoms with van der Waals surface area (Å²) in [6.45, 7) is 1.92. The smallest absolute Gasteiger partial charge is 0.142 e. The van der Waals surface area contributed by atoms with Crippen molar-refractivity contribution in [1.29, 1.82) is 0 Å². The molecule has 3 aromatic rings. The summed E-state index contributed by atoms with van der Waals surface area (Å²) in [5.41, 5.74) is 1.27. The van der Waals surface area contributed by atoms with Gasteiger partial charge in [-0.1, -0.05) is 31.0 Å². The Kier molecular flexibility index (Phi) is 7.71. The largest absolute Gasteiger partial charge is 0.207 e. The Hall–Kier alpha value is -2.40. The van der Waals surface area contributed by atoms with Crippen molar-refractivity contribution in [2.75, 3.05) is 0 Å². The highest BCUT2D eigenvalue weighted by Crippen LogP contribution is 2.23. The summed E-state index contributed by atoms with van der Waals surface area (Å²) >= 11 is 5.64. The molecule has 0 saturated carbocycles. The van der Waals surface area contributed by atoms with E-state index in [0.29, 0.717) is 23.1 Å². The third kappa shape index (κ3) is 5.85. The van der Waals surface area contributed by atoms with Crippen LogP contribution < -0.4 is 0 Å². The molecule has 0 aromatic heterocycles. The predicted octanol–water partition coefficient (Wildman–Crippen LogP) is 7.56. The van der Waals surface area contributed by atoms with Crippen LogP contribution in [0.5, 0.6) is 0 Å². The molecule has 0 aliphatic heterocycles. The van der Waals surface area contributed by atoms with E-state index in [9.17, 15) is 22.0 Å². The zero-order valence-electron chi connectivity index (χ0n) is 17.1. The van der Waals surface area contributed by atoms with Crippen molar-refractivity contribution in [3.63, 3.8) is 0 Å². The van der Waals surface area contributed by atoms with Crippen LogP contribution in [0.2, 0.25) is 5.02 Å². The fourth-order valence-electron chi connectivity index (χ4n) is 3.60. The summed E-state index contributed by atoms with van der Waals surface area (Å²) in [5.74, 6) is -3.34. The van der Waals surface area contributed by atoms with Crippen molar-refractivity contribution in [1.82, 2.24) is 0 Å². The molecule has 0 nitrogen and oxygen atoms in total. The molecule has 0 spiro atoms. The second-order valence-electron chi connectivity index (χ2n) is 7.57. The first-order chi connectivity index (χ1) is 14.8. The van der Waals surface area contributed by atoms with E-state index < -0.39 is 29.1 Å². The fraction of sp³-hybridized carbons (Fsp3) is 0.280. The van der Waals surface area contributed by atoms with Crippen LogP contribution in [-0.2, 0) is 32.1 Å². The summed E-state index contributed by atoms with van der Waals surface area (Å²) < 4.78 is 71.0. The highest BCUT2D eigenvalue weighted by Gasteiger charge is 2.15. The summed E-state index contributed by atoms with van der Waals surface area (Å²) in [4.78, 5) is 0. The second-order valence-corrected chi connectivity index (χ2v) is 7.98. The number of hydrogen-bond acceptors (Lipinski definition) is 0. The maximum Gasteiger partial charge on any atom is 0.142 e. The van der Waals surface area contributed by atoms with Gasteiger partial charge in [0.15, 0.2) is 0 Å². The highest BCUT2D eigenvalue weighted by atomic mass is 35.5. The summed E-state index contributed by atoms with van der Waals surface area (Å²) in [6, 6.07) is 9.22. The average Bonchev–Trinajstić information content (AvgIpc) is 2.69. The van der Waals surface area contributed by atoms with Crippen LogP contribution in [-0.4, -0.2) is 0 Å². The van der Waals surface area contributed by atoms with E-state index >= 15 is 0 Å². The average molecular weight is 453 g/mol. The number of halogens is 6. The zero-order chi connectivity index (χ0) is 22.5. The van der Waals surface area contributed by atoms with Crippen LogP contribution in [0.25, 0.3) is 0 Å². The Morgan fingerprint density at radius 2 is 0.968 bits per heavy atom. The monoisotopic (exact) mass is 452 g/mol. The molecule has 0 heterocycles. The van der Waals surface area contributed by atoms with Crippen LogP contribution in [0.1, 0.15) is 41.2 Å². The van der Waals surface area contributed by atoms with E-state index in [1.807, 2.05) is 6.92 Å². The van der Waals surface area contributed by atoms with E-state index in [-0.39, 0.29) is 41.8 Å². The van der Waals surface area contributed by atoms with Crippen molar-refractivity contribution in [3.8, 4) is 0 Å². The summed E-state index contributed by atoms with van der Waals surface area (Å²) in [5, 5.41) is -0.0154. The normalized spacial score (nSPS) is 11.2. The fourth-order valence-corrected chi connectivity index (χ4v) is 3.72. The Labute approximate surface area is 183 Å². The first kappa shape index (κ1) is 23.3. The van der Waals surface area contributed by atoms with Gasteiger partial charge in [-0.25, -0.2) is 22.0 Å². The maximum atomic E-state index is 14.5. The van der Waals surface area contributed by atoms with Crippen LogP contribution in [0.15, 0.2) is 42.5 Å². The lowest BCUT2D eigenvalue weighted by molar-refractivity contribution is 0.544. The molecule has 3 rings (SSSR count). The van der Waals surface area contributed by atoms with Crippen LogP contribution >= 0.6 is 11.6 Å². The van der Waals surface area contributed by atoms with Gasteiger partial charge in [0.1, 0.15) is 29.1 Å². The number of aryl methyl sites for hydroxylation is 3. The first-order valence-electron chi connectivity index (χ1n) is 10.2. The highest BCUT2D eigenvalue weighted by molar-refractivity contribution is 6.30. The van der Waals surface area contributed by atoms with E-state index in [1.165, 1.54) is 36.4 Å². The van der Waals surface area contributed by atoms with Crippen molar-refractivity contribution >= 4 is 11.6 Å². The predicted molar refractivity (Wildman–Crippen MR) is 113 cm³/mol. The molecule has 0 aliphatic rings. The van der Waals surface area contributed by atoms with Crippen LogP contribution in [0, 0.1) is 29.1 Å². The van der Waals surface area contributed by atoms with E-state index in [2.05, 4.69) is 0 Å². The van der Waals surface area contributed by atoms with Gasteiger partial charge in [-0.05, 0) is 85.2 Å². The van der Waals surface area contributed by atoms with Crippen molar-refractivity contribution < 1.29 is 22.0 Å². The first-order valence-corrected chi connectivity index (χ1v) is 10.5. The molecule has 6 heteroatoms. The maximum absolute atomic E-state index is 14.5. The molecular weight excluding hydrogens is 431 g/mol. The molecule has 0 atom stereocenters. The minimum atomic E-state index is -0.733.